The molecular weight excluding hydrogens is 346 g/mol. The van der Waals surface area contributed by atoms with Gasteiger partial charge in [0.1, 0.15) is 17.3 Å². The van der Waals surface area contributed by atoms with Gasteiger partial charge in [0, 0.05) is 21.8 Å². The standard InChI is InChI=1S/C21H18ClN3O/c1-14-5-10-17(26-14)13-23-21-12-11-18-19(3-2-4-20(18)25-21)24-16-8-6-15(22)7-9-16/h2-12,24H,13H2,1H3,(H,23,25). The van der Waals surface area contributed by atoms with Crippen LogP contribution in [0.15, 0.2) is 71.1 Å². The van der Waals surface area contributed by atoms with Crippen molar-refractivity contribution in [2.75, 3.05) is 10.6 Å². The zero-order valence-electron chi connectivity index (χ0n) is 14.3. The molecule has 130 valence electrons. The second-order valence-electron chi connectivity index (χ2n) is 6.07. The lowest BCUT2D eigenvalue weighted by Gasteiger charge is -2.11. The Morgan fingerprint density at radius 1 is 0.962 bits per heavy atom. The van der Waals surface area contributed by atoms with Gasteiger partial charge < -0.3 is 15.1 Å². The number of aromatic nitrogens is 1. The van der Waals surface area contributed by atoms with Gasteiger partial charge in [-0.25, -0.2) is 4.98 Å². The van der Waals surface area contributed by atoms with E-state index < -0.39 is 0 Å². The number of anilines is 3. The number of pyridine rings is 1. The molecule has 0 amide bonds. The normalized spacial score (nSPS) is 10.8. The van der Waals surface area contributed by atoms with E-state index in [0.29, 0.717) is 6.54 Å². The van der Waals surface area contributed by atoms with Crippen molar-refractivity contribution in [1.82, 2.24) is 4.98 Å². The van der Waals surface area contributed by atoms with E-state index in [4.69, 9.17) is 21.0 Å². The maximum atomic E-state index is 5.95. The molecule has 0 aliphatic rings. The predicted octanol–water partition coefficient (Wildman–Crippen LogP) is 6.15. The summed E-state index contributed by atoms with van der Waals surface area (Å²) in [5, 5.41) is 8.50. The van der Waals surface area contributed by atoms with E-state index in [0.717, 1.165) is 44.6 Å². The van der Waals surface area contributed by atoms with Gasteiger partial charge in [0.2, 0.25) is 0 Å². The van der Waals surface area contributed by atoms with E-state index in [1.807, 2.05) is 67.6 Å². The molecule has 2 aromatic carbocycles. The van der Waals surface area contributed by atoms with Crippen LogP contribution < -0.4 is 10.6 Å². The van der Waals surface area contributed by atoms with Crippen LogP contribution in [0.2, 0.25) is 5.02 Å². The monoisotopic (exact) mass is 363 g/mol. The Morgan fingerprint density at radius 2 is 1.81 bits per heavy atom. The molecule has 0 spiro atoms. The lowest BCUT2D eigenvalue weighted by Crippen LogP contribution is -2.00. The van der Waals surface area contributed by atoms with E-state index in [-0.39, 0.29) is 0 Å². The second-order valence-corrected chi connectivity index (χ2v) is 6.50. The van der Waals surface area contributed by atoms with Crippen LogP contribution in [0.4, 0.5) is 17.2 Å². The molecule has 0 saturated heterocycles. The fourth-order valence-corrected chi connectivity index (χ4v) is 2.93. The molecule has 2 heterocycles. The summed E-state index contributed by atoms with van der Waals surface area (Å²) in [4.78, 5) is 4.70. The predicted molar refractivity (Wildman–Crippen MR) is 107 cm³/mol. The van der Waals surface area contributed by atoms with Crippen LogP contribution in [0, 0.1) is 6.92 Å². The summed E-state index contributed by atoms with van der Waals surface area (Å²) >= 11 is 5.95. The van der Waals surface area contributed by atoms with Crippen molar-refractivity contribution >= 4 is 39.7 Å². The molecule has 26 heavy (non-hydrogen) atoms. The largest absolute Gasteiger partial charge is 0.465 e. The van der Waals surface area contributed by atoms with E-state index in [1.165, 1.54) is 0 Å². The van der Waals surface area contributed by atoms with Crippen molar-refractivity contribution in [3.63, 3.8) is 0 Å². The Morgan fingerprint density at radius 3 is 2.58 bits per heavy atom. The van der Waals surface area contributed by atoms with Crippen molar-refractivity contribution < 1.29 is 4.42 Å². The fraction of sp³-hybridized carbons (Fsp3) is 0.0952. The number of hydrogen-bond donors (Lipinski definition) is 2. The molecule has 4 aromatic rings. The molecule has 2 N–H and O–H groups in total. The van der Waals surface area contributed by atoms with Crippen molar-refractivity contribution in [3.8, 4) is 0 Å². The number of aryl methyl sites for hydroxylation is 1. The zero-order valence-corrected chi connectivity index (χ0v) is 15.0. The molecule has 4 nitrogen and oxygen atoms in total. The van der Waals surface area contributed by atoms with Gasteiger partial charge in [-0.15, -0.1) is 0 Å². The zero-order chi connectivity index (χ0) is 17.9. The third kappa shape index (κ3) is 3.65. The SMILES string of the molecule is Cc1ccc(CNc2ccc3c(Nc4ccc(Cl)cc4)cccc3n2)o1. The lowest BCUT2D eigenvalue weighted by atomic mass is 10.1. The Bertz CT molecular complexity index is 1040. The average Bonchev–Trinajstić information content (AvgIpc) is 3.07. The van der Waals surface area contributed by atoms with Crippen LogP contribution in [-0.2, 0) is 6.54 Å². The van der Waals surface area contributed by atoms with Gasteiger partial charge in [-0.3, -0.25) is 0 Å². The Kier molecular flexibility index (Phi) is 4.50. The van der Waals surface area contributed by atoms with Gasteiger partial charge in [0.15, 0.2) is 0 Å². The number of hydrogen-bond acceptors (Lipinski definition) is 4. The molecule has 0 bridgehead atoms. The van der Waals surface area contributed by atoms with Gasteiger partial charge in [0.25, 0.3) is 0 Å². The molecule has 0 atom stereocenters. The van der Waals surface area contributed by atoms with Crippen molar-refractivity contribution in [3.05, 3.63) is 83.3 Å². The van der Waals surface area contributed by atoms with E-state index >= 15 is 0 Å². The van der Waals surface area contributed by atoms with Gasteiger partial charge >= 0.3 is 0 Å². The minimum absolute atomic E-state index is 0.606. The summed E-state index contributed by atoms with van der Waals surface area (Å²) in [5.41, 5.74) is 2.91. The summed E-state index contributed by atoms with van der Waals surface area (Å²) < 4.78 is 5.58. The van der Waals surface area contributed by atoms with E-state index in [1.54, 1.807) is 0 Å². The molecule has 2 aromatic heterocycles. The third-order valence-corrected chi connectivity index (χ3v) is 4.35. The fourth-order valence-electron chi connectivity index (χ4n) is 2.81. The molecule has 0 radical (unpaired) electrons. The van der Waals surface area contributed by atoms with Gasteiger partial charge in [-0.1, -0.05) is 17.7 Å². The minimum Gasteiger partial charge on any atom is -0.465 e. The molecule has 0 aliphatic carbocycles. The number of benzene rings is 2. The highest BCUT2D eigenvalue weighted by atomic mass is 35.5. The topological polar surface area (TPSA) is 50.1 Å². The number of nitrogens with zero attached hydrogens (tertiary/aromatic N) is 1. The summed E-state index contributed by atoms with van der Waals surface area (Å²) in [6, 6.07) is 21.6. The first-order valence-corrected chi connectivity index (χ1v) is 8.77. The highest BCUT2D eigenvalue weighted by Gasteiger charge is 2.05. The minimum atomic E-state index is 0.606. The third-order valence-electron chi connectivity index (χ3n) is 4.09. The van der Waals surface area contributed by atoms with Gasteiger partial charge in [0.05, 0.1) is 12.1 Å². The van der Waals surface area contributed by atoms with Crippen LogP contribution in [0.5, 0.6) is 0 Å². The summed E-state index contributed by atoms with van der Waals surface area (Å²) in [6.07, 6.45) is 0. The number of fused-ring (bicyclic) bond motifs is 1. The molecule has 0 saturated carbocycles. The first kappa shape index (κ1) is 16.5. The van der Waals surface area contributed by atoms with Crippen LogP contribution in [0.3, 0.4) is 0 Å². The Labute approximate surface area is 156 Å². The van der Waals surface area contributed by atoms with Crippen LogP contribution in [-0.4, -0.2) is 4.98 Å². The average molecular weight is 364 g/mol. The number of furan rings is 1. The number of rotatable bonds is 5. The Hall–Kier alpha value is -2.98. The van der Waals surface area contributed by atoms with Crippen molar-refractivity contribution in [2.24, 2.45) is 0 Å². The second kappa shape index (κ2) is 7.10. The molecule has 4 rings (SSSR count). The maximum Gasteiger partial charge on any atom is 0.127 e. The first-order valence-electron chi connectivity index (χ1n) is 8.39. The summed E-state index contributed by atoms with van der Waals surface area (Å²) in [6.45, 7) is 2.54. The van der Waals surface area contributed by atoms with Gasteiger partial charge in [-0.2, -0.15) is 0 Å². The van der Waals surface area contributed by atoms with Crippen molar-refractivity contribution in [2.45, 2.75) is 13.5 Å². The van der Waals surface area contributed by atoms with Crippen molar-refractivity contribution in [1.29, 1.82) is 0 Å². The molecular formula is C21H18ClN3O. The number of nitrogens with one attached hydrogen (secondary N) is 2. The quantitative estimate of drug-likeness (QED) is 0.446. The van der Waals surface area contributed by atoms with E-state index in [9.17, 15) is 0 Å². The highest BCUT2D eigenvalue weighted by Crippen LogP contribution is 2.27. The van der Waals surface area contributed by atoms with E-state index in [2.05, 4.69) is 16.7 Å². The smallest absolute Gasteiger partial charge is 0.127 e. The van der Waals surface area contributed by atoms with Crippen LogP contribution in [0.25, 0.3) is 10.9 Å². The highest BCUT2D eigenvalue weighted by molar-refractivity contribution is 6.30. The lowest BCUT2D eigenvalue weighted by molar-refractivity contribution is 0.490. The van der Waals surface area contributed by atoms with Crippen LogP contribution in [0.1, 0.15) is 11.5 Å². The number of halogens is 1. The van der Waals surface area contributed by atoms with Gasteiger partial charge in [-0.05, 0) is 67.6 Å². The summed E-state index contributed by atoms with van der Waals surface area (Å²) in [5.74, 6) is 2.61. The molecule has 0 aliphatic heterocycles. The first-order chi connectivity index (χ1) is 12.7. The maximum absolute atomic E-state index is 5.95. The molecule has 0 fully saturated rings. The Balaban J connectivity index is 1.56. The summed E-state index contributed by atoms with van der Waals surface area (Å²) in [7, 11) is 0. The molecule has 5 heteroatoms. The van der Waals surface area contributed by atoms with Crippen LogP contribution >= 0.6 is 11.6 Å². The molecule has 0 unspecified atom stereocenters.